The van der Waals surface area contributed by atoms with Gasteiger partial charge in [0.1, 0.15) is 5.08 Å². The molecule has 6 heteroatoms. The molecule has 0 aliphatic heterocycles. The van der Waals surface area contributed by atoms with Gasteiger partial charge < -0.3 is 4.84 Å². The van der Waals surface area contributed by atoms with Gasteiger partial charge in [0, 0.05) is 0 Å². The molecule has 0 N–H and O–H groups in total. The van der Waals surface area contributed by atoms with Crippen LogP contribution in [0.15, 0.2) is 30.8 Å². The summed E-state index contributed by atoms with van der Waals surface area (Å²) in [7, 11) is 0. The average molecular weight is 197 g/mol. The van der Waals surface area contributed by atoms with Crippen LogP contribution in [0.4, 0.5) is 0 Å². The molecule has 0 unspecified atom stereocenters. The van der Waals surface area contributed by atoms with Crippen molar-refractivity contribution in [3.05, 3.63) is 33.0 Å². The molecule has 0 amide bonds. The van der Waals surface area contributed by atoms with Crippen LogP contribution < -0.4 is 16.1 Å². The first kappa shape index (κ1) is 9.92. The zero-order valence-corrected chi connectivity index (χ0v) is 7.40. The number of nitrogens with zero attached hydrogens (tertiary/aromatic N) is 1. The Morgan fingerprint density at radius 1 is 1.50 bits per heavy atom. The van der Waals surface area contributed by atoms with Crippen LogP contribution >= 0.6 is 0 Å². The van der Waals surface area contributed by atoms with Crippen molar-refractivity contribution in [2.24, 2.45) is 0 Å². The van der Waals surface area contributed by atoms with Crippen LogP contribution in [0.3, 0.4) is 0 Å². The van der Waals surface area contributed by atoms with Gasteiger partial charge in [-0.3, -0.25) is 9.05 Å². The van der Waals surface area contributed by atoms with Gasteiger partial charge in [0.05, 0.1) is 0 Å². The van der Waals surface area contributed by atoms with E-state index in [1.807, 2.05) is 0 Å². The first-order valence-electron chi connectivity index (χ1n) is 3.61. The largest absolute Gasteiger partial charge is 0.449 e. The third-order valence-electron chi connectivity index (χ3n) is 1.03. The van der Waals surface area contributed by atoms with Crippen LogP contribution in [-0.4, -0.2) is 11.7 Å². The number of hydrogen-bond acceptors (Lipinski definition) is 5. The van der Waals surface area contributed by atoms with E-state index in [2.05, 4.69) is 32.3 Å². The maximum atomic E-state index is 10.5. The second-order valence-electron chi connectivity index (χ2n) is 2.34. The highest BCUT2D eigenvalue weighted by Gasteiger charge is 2.03. The summed E-state index contributed by atoms with van der Waals surface area (Å²) < 4.78 is 8.38. The smallest absolute Gasteiger partial charge is 0.344 e. The minimum atomic E-state index is -1.13. The predicted octanol–water partition coefficient (Wildman–Crippen LogP) is -0.597. The zero-order chi connectivity index (χ0) is 10.6. The molecule has 1 aromatic rings. The lowest BCUT2D eigenvalue weighted by Gasteiger charge is -1.92. The Labute approximate surface area is 78.3 Å². The van der Waals surface area contributed by atoms with Crippen LogP contribution in [0.25, 0.3) is 0 Å². The van der Waals surface area contributed by atoms with Crippen molar-refractivity contribution in [1.82, 2.24) is 5.08 Å². The van der Waals surface area contributed by atoms with E-state index in [4.69, 9.17) is 0 Å². The van der Waals surface area contributed by atoms with Gasteiger partial charge in [-0.15, -0.1) is 0 Å². The van der Waals surface area contributed by atoms with Crippen molar-refractivity contribution in [3.63, 3.8) is 0 Å². The Bertz CT molecular complexity index is 465. The highest BCUT2D eigenvalue weighted by Crippen LogP contribution is 1.79. The molecule has 1 heterocycles. The van der Waals surface area contributed by atoms with Gasteiger partial charge in [-0.25, -0.2) is 9.59 Å². The lowest BCUT2D eigenvalue weighted by atomic mass is 10.4. The quantitative estimate of drug-likeness (QED) is 0.467. The van der Waals surface area contributed by atoms with Gasteiger partial charge >= 0.3 is 11.3 Å². The topological polar surface area (TPSA) is 74.6 Å². The number of hydrogen-bond donors (Lipinski definition) is 0. The molecule has 0 atom stereocenters. The molecule has 0 aromatic carbocycles. The van der Waals surface area contributed by atoms with Crippen molar-refractivity contribution in [2.45, 2.75) is 6.92 Å². The molecule has 6 nitrogen and oxygen atoms in total. The maximum absolute atomic E-state index is 10.5. The lowest BCUT2D eigenvalue weighted by Crippen LogP contribution is -2.14. The third-order valence-corrected chi connectivity index (χ3v) is 1.03. The maximum Gasteiger partial charge on any atom is 0.449 e. The molecule has 0 radical (unpaired) electrons. The summed E-state index contributed by atoms with van der Waals surface area (Å²) in [5, 5.41) is 0.317. The monoisotopic (exact) mass is 197 g/mol. The van der Waals surface area contributed by atoms with Crippen molar-refractivity contribution < 1.29 is 13.9 Å². The van der Waals surface area contributed by atoms with E-state index in [9.17, 15) is 9.59 Å². The van der Waals surface area contributed by atoms with E-state index >= 15 is 0 Å². The molecular formula is C8H7NO5. The number of rotatable bonds is 2. The van der Waals surface area contributed by atoms with Crippen molar-refractivity contribution in [2.75, 3.05) is 6.61 Å². The standard InChI is InChI=1S/C8H7NO5/c1-6(2)4-3-5-12-9-13-7(10)8(11)14-9/h1,5H2,2H3. The molecular weight excluding hydrogens is 190 g/mol. The average Bonchev–Trinajstić information content (AvgIpc) is 2.40. The molecule has 0 saturated heterocycles. The summed E-state index contributed by atoms with van der Waals surface area (Å²) in [5.41, 5.74) is -1.58. The lowest BCUT2D eigenvalue weighted by molar-refractivity contribution is -0.135. The molecule has 1 rings (SSSR count). The summed E-state index contributed by atoms with van der Waals surface area (Å²) in [5.74, 6) is 5.16. The third kappa shape index (κ3) is 2.71. The van der Waals surface area contributed by atoms with Crippen LogP contribution in [0, 0.1) is 11.8 Å². The van der Waals surface area contributed by atoms with E-state index in [0.29, 0.717) is 10.6 Å². The van der Waals surface area contributed by atoms with E-state index in [-0.39, 0.29) is 6.61 Å². The second-order valence-corrected chi connectivity index (χ2v) is 2.34. The normalized spacial score (nSPS) is 8.93. The molecule has 0 fully saturated rings. The Kier molecular flexibility index (Phi) is 2.97. The van der Waals surface area contributed by atoms with Gasteiger partial charge in [0.2, 0.25) is 0 Å². The van der Waals surface area contributed by atoms with Crippen molar-refractivity contribution in [3.8, 4) is 11.8 Å². The van der Waals surface area contributed by atoms with Crippen LogP contribution in [0.1, 0.15) is 6.92 Å². The SMILES string of the molecule is C=C(C)C#CCOn1oc(=O)c(=O)o1. The van der Waals surface area contributed by atoms with Gasteiger partial charge in [-0.05, 0) is 12.5 Å². The fourth-order valence-corrected chi connectivity index (χ4v) is 0.553. The molecule has 0 bridgehead atoms. The molecule has 74 valence electrons. The zero-order valence-electron chi connectivity index (χ0n) is 7.40. The Morgan fingerprint density at radius 3 is 2.57 bits per heavy atom. The van der Waals surface area contributed by atoms with Crippen LogP contribution in [0.2, 0.25) is 0 Å². The summed E-state index contributed by atoms with van der Waals surface area (Å²) >= 11 is 0. The fourth-order valence-electron chi connectivity index (χ4n) is 0.553. The molecule has 0 spiro atoms. The second kappa shape index (κ2) is 4.18. The fraction of sp³-hybridized carbons (Fsp3) is 0.250. The Morgan fingerprint density at radius 2 is 2.07 bits per heavy atom. The molecule has 14 heavy (non-hydrogen) atoms. The first-order valence-corrected chi connectivity index (χ1v) is 3.61. The summed E-state index contributed by atoms with van der Waals surface area (Å²) in [6.07, 6.45) is 0. The van der Waals surface area contributed by atoms with Gasteiger partial charge in [-0.1, -0.05) is 18.4 Å². The van der Waals surface area contributed by atoms with Gasteiger partial charge in [-0.2, -0.15) is 0 Å². The Balaban J connectivity index is 2.56. The highest BCUT2D eigenvalue weighted by atomic mass is 17.0. The van der Waals surface area contributed by atoms with E-state index < -0.39 is 11.3 Å². The molecule has 0 saturated carbocycles. The summed E-state index contributed by atoms with van der Waals surface area (Å²) in [6, 6.07) is 0. The van der Waals surface area contributed by atoms with Gasteiger partial charge in [0.15, 0.2) is 6.61 Å². The Hall–Kier alpha value is -2.16. The number of aromatic nitrogens is 1. The number of allylic oxidation sites excluding steroid dienone is 1. The minimum absolute atomic E-state index is 0.0760. The molecule has 1 aromatic heterocycles. The summed E-state index contributed by atoms with van der Waals surface area (Å²) in [4.78, 5) is 25.5. The summed E-state index contributed by atoms with van der Waals surface area (Å²) in [6.45, 7) is 5.18. The minimum Gasteiger partial charge on any atom is -0.344 e. The van der Waals surface area contributed by atoms with Crippen molar-refractivity contribution in [1.29, 1.82) is 0 Å². The van der Waals surface area contributed by atoms with Gasteiger partial charge in [0.25, 0.3) is 0 Å². The predicted molar refractivity (Wildman–Crippen MR) is 45.5 cm³/mol. The van der Waals surface area contributed by atoms with Crippen LogP contribution in [0.5, 0.6) is 0 Å². The molecule has 0 aliphatic carbocycles. The highest BCUT2D eigenvalue weighted by molar-refractivity contribution is 5.22. The van der Waals surface area contributed by atoms with Crippen LogP contribution in [-0.2, 0) is 0 Å². The van der Waals surface area contributed by atoms with Crippen molar-refractivity contribution >= 4 is 0 Å². The first-order chi connectivity index (χ1) is 6.59. The van der Waals surface area contributed by atoms with E-state index in [1.165, 1.54) is 0 Å². The molecule has 0 aliphatic rings. The van der Waals surface area contributed by atoms with E-state index in [0.717, 1.165) is 0 Å². The van der Waals surface area contributed by atoms with E-state index in [1.54, 1.807) is 6.92 Å².